The van der Waals surface area contributed by atoms with Crippen molar-refractivity contribution in [1.29, 1.82) is 0 Å². The first kappa shape index (κ1) is 23.6. The number of phenolic OH excluding ortho intramolecular Hbond substituents is 1. The maximum Gasteiger partial charge on any atom is 0.238 e. The van der Waals surface area contributed by atoms with Gasteiger partial charge in [0.1, 0.15) is 0 Å². The minimum atomic E-state index is -0.744. The van der Waals surface area contributed by atoms with Crippen LogP contribution in [0.5, 0.6) is 11.5 Å². The molecular formula is C29H22BrNO6. The standard InChI is InChI=1S/C29H22BrNO6/c1-37-22-9-5-8-16(27(22)34)23-15-10-11-17-24(29(36)31(28(17)35)14-6-3-2-4-7-14)18(15)12-19-25(23)21(32)13-20(30)26(19)33/h2-10,13,17-18,23-24,34H,11-12H2,1H3. The molecule has 4 aliphatic rings. The molecule has 1 N–H and O–H groups in total. The summed E-state index contributed by atoms with van der Waals surface area (Å²) in [6.07, 6.45) is 3.68. The lowest BCUT2D eigenvalue weighted by Crippen LogP contribution is -2.39. The number of hydrogen-bond donors (Lipinski definition) is 1. The van der Waals surface area contributed by atoms with E-state index >= 15 is 0 Å². The number of imide groups is 1. The second kappa shape index (κ2) is 8.66. The molecule has 1 fully saturated rings. The summed E-state index contributed by atoms with van der Waals surface area (Å²) < 4.78 is 5.47. The summed E-state index contributed by atoms with van der Waals surface area (Å²) in [7, 11) is 1.44. The van der Waals surface area contributed by atoms with Gasteiger partial charge in [0.15, 0.2) is 23.1 Å². The van der Waals surface area contributed by atoms with Crippen LogP contribution in [-0.2, 0) is 19.2 Å². The number of nitrogens with zero attached hydrogens (tertiary/aromatic N) is 1. The number of hydrogen-bond acceptors (Lipinski definition) is 6. The molecule has 1 aliphatic heterocycles. The highest BCUT2D eigenvalue weighted by molar-refractivity contribution is 9.12. The van der Waals surface area contributed by atoms with Crippen LogP contribution in [0.4, 0.5) is 5.69 Å². The summed E-state index contributed by atoms with van der Waals surface area (Å²) in [4.78, 5) is 55.1. The van der Waals surface area contributed by atoms with E-state index in [1.54, 1.807) is 42.5 Å². The fraction of sp³-hybridized carbons (Fsp3) is 0.241. The Kier molecular flexibility index (Phi) is 5.53. The quantitative estimate of drug-likeness (QED) is 0.340. The number of anilines is 1. The predicted molar refractivity (Wildman–Crippen MR) is 138 cm³/mol. The Balaban J connectivity index is 1.52. The van der Waals surface area contributed by atoms with Gasteiger partial charge in [-0.1, -0.05) is 42.0 Å². The van der Waals surface area contributed by atoms with Crippen molar-refractivity contribution in [3.8, 4) is 11.5 Å². The van der Waals surface area contributed by atoms with Gasteiger partial charge in [0.05, 0.1) is 29.1 Å². The van der Waals surface area contributed by atoms with E-state index < -0.39 is 23.7 Å². The number of fused-ring (bicyclic) bond motifs is 3. The second-order valence-corrected chi connectivity index (χ2v) is 10.5. The van der Waals surface area contributed by atoms with Crippen molar-refractivity contribution >= 4 is 45.0 Å². The molecular weight excluding hydrogens is 538 g/mol. The van der Waals surface area contributed by atoms with Gasteiger partial charge in [-0.2, -0.15) is 0 Å². The fourth-order valence-corrected chi connectivity index (χ4v) is 6.78. The van der Waals surface area contributed by atoms with Crippen LogP contribution >= 0.6 is 15.9 Å². The molecule has 6 rings (SSSR count). The van der Waals surface area contributed by atoms with E-state index in [1.165, 1.54) is 18.1 Å². The zero-order valence-electron chi connectivity index (χ0n) is 19.8. The molecule has 8 heteroatoms. The van der Waals surface area contributed by atoms with Crippen molar-refractivity contribution in [2.75, 3.05) is 12.0 Å². The van der Waals surface area contributed by atoms with Crippen LogP contribution in [-0.4, -0.2) is 35.6 Å². The first-order valence-corrected chi connectivity index (χ1v) is 12.8. The first-order chi connectivity index (χ1) is 17.8. The molecule has 0 aromatic heterocycles. The molecule has 7 nitrogen and oxygen atoms in total. The van der Waals surface area contributed by atoms with E-state index in [-0.39, 0.29) is 45.8 Å². The van der Waals surface area contributed by atoms with E-state index in [9.17, 15) is 24.3 Å². The third-order valence-electron chi connectivity index (χ3n) is 7.91. The number of Topliss-reactive ketones (excluding diaryl/α,β-unsaturated/α-hetero) is 1. The summed E-state index contributed by atoms with van der Waals surface area (Å²) in [5.41, 5.74) is 2.32. The molecule has 0 saturated carbocycles. The average molecular weight is 560 g/mol. The Morgan fingerprint density at radius 3 is 2.46 bits per heavy atom. The smallest absolute Gasteiger partial charge is 0.238 e. The molecule has 0 radical (unpaired) electrons. The van der Waals surface area contributed by atoms with Gasteiger partial charge in [0.25, 0.3) is 0 Å². The first-order valence-electron chi connectivity index (χ1n) is 12.0. The molecule has 37 heavy (non-hydrogen) atoms. The molecule has 0 bridgehead atoms. The molecule has 1 saturated heterocycles. The van der Waals surface area contributed by atoms with Crippen molar-refractivity contribution in [3.05, 3.63) is 87.4 Å². The normalized spacial score (nSPS) is 26.9. The van der Waals surface area contributed by atoms with Crippen LogP contribution in [0, 0.1) is 17.8 Å². The van der Waals surface area contributed by atoms with E-state index in [0.29, 0.717) is 28.8 Å². The minimum absolute atomic E-state index is 0.126. The van der Waals surface area contributed by atoms with Crippen LogP contribution < -0.4 is 9.64 Å². The number of amides is 2. The largest absolute Gasteiger partial charge is 0.504 e. The summed E-state index contributed by atoms with van der Waals surface area (Å²) >= 11 is 3.22. The van der Waals surface area contributed by atoms with Gasteiger partial charge in [-0.05, 0) is 52.9 Å². The predicted octanol–water partition coefficient (Wildman–Crippen LogP) is 4.37. The molecule has 1 heterocycles. The van der Waals surface area contributed by atoms with Gasteiger partial charge in [0.2, 0.25) is 11.8 Å². The van der Waals surface area contributed by atoms with Crippen molar-refractivity contribution in [3.63, 3.8) is 0 Å². The second-order valence-electron chi connectivity index (χ2n) is 9.64. The molecule has 4 unspecified atom stereocenters. The van der Waals surface area contributed by atoms with E-state index in [1.807, 2.05) is 12.1 Å². The molecule has 3 aliphatic carbocycles. The lowest BCUT2D eigenvalue weighted by Gasteiger charge is -2.42. The molecule has 2 aromatic rings. The van der Waals surface area contributed by atoms with E-state index in [2.05, 4.69) is 15.9 Å². The van der Waals surface area contributed by atoms with Gasteiger partial charge < -0.3 is 9.84 Å². The van der Waals surface area contributed by atoms with E-state index in [0.717, 1.165) is 5.57 Å². The SMILES string of the molecule is COc1cccc(C2C3=CCC4C(=O)N(c5ccccc5)C(=O)C4C3CC3=C2C(=O)C=C(Br)C3=O)c1O. The number of allylic oxidation sites excluding steroid dienone is 6. The average Bonchev–Trinajstić information content (AvgIpc) is 3.16. The third-order valence-corrected chi connectivity index (χ3v) is 8.50. The van der Waals surface area contributed by atoms with Gasteiger partial charge in [-0.15, -0.1) is 0 Å². The van der Waals surface area contributed by atoms with Crippen molar-refractivity contribution in [2.45, 2.75) is 18.8 Å². The van der Waals surface area contributed by atoms with E-state index in [4.69, 9.17) is 4.74 Å². The van der Waals surface area contributed by atoms with Crippen molar-refractivity contribution < 1.29 is 29.0 Å². The topological polar surface area (TPSA) is 101 Å². The summed E-state index contributed by atoms with van der Waals surface area (Å²) in [6, 6.07) is 13.8. The maximum absolute atomic E-state index is 13.8. The van der Waals surface area contributed by atoms with Crippen molar-refractivity contribution in [1.82, 2.24) is 0 Å². The Morgan fingerprint density at radius 2 is 1.73 bits per heavy atom. The monoisotopic (exact) mass is 559 g/mol. The Labute approximate surface area is 221 Å². The summed E-state index contributed by atoms with van der Waals surface area (Å²) in [6.45, 7) is 0. The van der Waals surface area contributed by atoms with Crippen LogP contribution in [0.3, 0.4) is 0 Å². The number of benzene rings is 2. The highest BCUT2D eigenvalue weighted by Gasteiger charge is 2.56. The number of aromatic hydroxyl groups is 1. The molecule has 2 amide bonds. The number of para-hydroxylation sites is 2. The van der Waals surface area contributed by atoms with Crippen molar-refractivity contribution in [2.24, 2.45) is 17.8 Å². The molecule has 4 atom stereocenters. The lowest BCUT2D eigenvalue weighted by molar-refractivity contribution is -0.123. The summed E-state index contributed by atoms with van der Waals surface area (Å²) in [5, 5.41) is 11.1. The Bertz CT molecular complexity index is 1490. The highest BCUT2D eigenvalue weighted by Crippen LogP contribution is 2.57. The van der Waals surface area contributed by atoms with Crippen LogP contribution in [0.1, 0.15) is 24.3 Å². The van der Waals surface area contributed by atoms with Gasteiger partial charge in [-0.3, -0.25) is 24.1 Å². The van der Waals surface area contributed by atoms with Gasteiger partial charge in [-0.25, -0.2) is 0 Å². The van der Waals surface area contributed by atoms with Crippen LogP contribution in [0.25, 0.3) is 0 Å². The lowest BCUT2D eigenvalue weighted by atomic mass is 9.59. The number of ether oxygens (including phenoxy) is 1. The Morgan fingerprint density at radius 1 is 0.973 bits per heavy atom. The molecule has 2 aromatic carbocycles. The zero-order chi connectivity index (χ0) is 26.0. The highest BCUT2D eigenvalue weighted by atomic mass is 79.9. The number of phenols is 1. The number of methoxy groups -OCH3 is 1. The van der Waals surface area contributed by atoms with Crippen LogP contribution in [0.15, 0.2) is 81.9 Å². The molecule has 186 valence electrons. The number of rotatable bonds is 3. The number of halogens is 1. The fourth-order valence-electron chi connectivity index (χ4n) is 6.33. The van der Waals surface area contributed by atoms with Gasteiger partial charge in [0, 0.05) is 28.7 Å². The zero-order valence-corrected chi connectivity index (χ0v) is 21.4. The van der Waals surface area contributed by atoms with Crippen LogP contribution in [0.2, 0.25) is 0 Å². The van der Waals surface area contributed by atoms with Gasteiger partial charge >= 0.3 is 0 Å². The maximum atomic E-state index is 13.8. The number of ketones is 2. The summed E-state index contributed by atoms with van der Waals surface area (Å²) in [5.74, 6) is -3.55. The third kappa shape index (κ3) is 3.39. The number of carbonyl (C=O) groups is 4. The molecule has 0 spiro atoms. The number of carbonyl (C=O) groups excluding carboxylic acids is 4. The minimum Gasteiger partial charge on any atom is -0.504 e. The Hall–Kier alpha value is -3.78.